The van der Waals surface area contributed by atoms with Crippen LogP contribution in [-0.2, 0) is 19.1 Å². The molecule has 6 heteroatoms. The Morgan fingerprint density at radius 2 is 0.621 bits per heavy atom. The zero-order chi connectivity index (χ0) is 42.8. The van der Waals surface area contributed by atoms with Crippen LogP contribution >= 0.6 is 0 Å². The van der Waals surface area contributed by atoms with Crippen molar-refractivity contribution in [3.63, 3.8) is 0 Å². The van der Waals surface area contributed by atoms with Crippen LogP contribution < -0.4 is 0 Å². The van der Waals surface area contributed by atoms with Crippen molar-refractivity contribution in [2.75, 3.05) is 13.2 Å². The van der Waals surface area contributed by atoms with Gasteiger partial charge in [0.2, 0.25) is 0 Å². The molecule has 0 fully saturated rings. The Hall–Kier alpha value is -1.14. The molecule has 0 aromatic heterocycles. The van der Waals surface area contributed by atoms with Gasteiger partial charge < -0.3 is 19.7 Å². The zero-order valence-corrected chi connectivity index (χ0v) is 39.8. The maximum absolute atomic E-state index is 11.8. The van der Waals surface area contributed by atoms with E-state index >= 15 is 0 Å². The van der Waals surface area contributed by atoms with Crippen LogP contribution in [0.25, 0.3) is 0 Å². The zero-order valence-electron chi connectivity index (χ0n) is 39.8. The first kappa shape index (κ1) is 59.0. The number of esters is 1. The van der Waals surface area contributed by atoms with Gasteiger partial charge in [-0.3, -0.25) is 0 Å². The van der Waals surface area contributed by atoms with Crippen LogP contribution in [0.5, 0.6) is 0 Å². The average molecular weight is 825 g/mol. The average Bonchev–Trinajstić information content (AvgIpc) is 3.22. The van der Waals surface area contributed by atoms with E-state index in [2.05, 4.69) is 27.7 Å². The Morgan fingerprint density at radius 1 is 0.362 bits per heavy atom. The van der Waals surface area contributed by atoms with Crippen LogP contribution in [0, 0.1) is 0 Å². The van der Waals surface area contributed by atoms with E-state index in [-0.39, 0.29) is 0 Å². The Bertz CT molecular complexity index is 788. The Morgan fingerprint density at radius 3 is 0.931 bits per heavy atom. The first-order valence-corrected chi connectivity index (χ1v) is 26.1. The fourth-order valence-corrected chi connectivity index (χ4v) is 7.71. The highest BCUT2D eigenvalue weighted by Gasteiger charge is 2.17. The van der Waals surface area contributed by atoms with Gasteiger partial charge in [-0.25, -0.2) is 9.59 Å². The summed E-state index contributed by atoms with van der Waals surface area (Å²) in [6.07, 6.45) is 51.0. The summed E-state index contributed by atoms with van der Waals surface area (Å²) in [6, 6.07) is 0. The number of aliphatic hydroxyl groups excluding tert-OH is 1. The SMILES string of the molecule is CCCCCCCCCCCCCCCCC(O)C(=O)OCCCCCCCC.CCCCCCCCCCCCCCCCC(OCCCCCCCC)C(=O)O. The van der Waals surface area contributed by atoms with E-state index < -0.39 is 24.1 Å². The molecular weight excluding hydrogens is 721 g/mol. The van der Waals surface area contributed by atoms with E-state index in [1.165, 1.54) is 205 Å². The molecule has 0 aromatic rings. The van der Waals surface area contributed by atoms with E-state index in [9.17, 15) is 19.8 Å². The number of carboxylic acids is 1. The first-order valence-electron chi connectivity index (χ1n) is 26.1. The third-order valence-electron chi connectivity index (χ3n) is 11.8. The van der Waals surface area contributed by atoms with Crippen molar-refractivity contribution in [1.82, 2.24) is 0 Å². The lowest BCUT2D eigenvalue weighted by Gasteiger charge is -2.13. The highest BCUT2D eigenvalue weighted by molar-refractivity contribution is 5.74. The molecule has 2 atom stereocenters. The van der Waals surface area contributed by atoms with Gasteiger partial charge in [-0.05, 0) is 25.7 Å². The molecule has 0 aliphatic rings. The predicted molar refractivity (Wildman–Crippen MR) is 251 cm³/mol. The van der Waals surface area contributed by atoms with Crippen LogP contribution in [0.4, 0.5) is 0 Å². The minimum atomic E-state index is -0.924. The highest BCUT2D eigenvalue weighted by Crippen LogP contribution is 2.17. The minimum Gasteiger partial charge on any atom is -0.479 e. The summed E-state index contributed by atoms with van der Waals surface area (Å²) in [5.41, 5.74) is 0. The summed E-state index contributed by atoms with van der Waals surface area (Å²) < 4.78 is 10.8. The van der Waals surface area contributed by atoms with E-state index in [1.54, 1.807) is 0 Å². The molecule has 0 spiro atoms. The van der Waals surface area contributed by atoms with Gasteiger partial charge in [-0.15, -0.1) is 0 Å². The fraction of sp³-hybridized carbons (Fsp3) is 0.962. The van der Waals surface area contributed by atoms with Gasteiger partial charge >= 0.3 is 11.9 Å². The van der Waals surface area contributed by atoms with Crippen LogP contribution in [0.3, 0.4) is 0 Å². The van der Waals surface area contributed by atoms with Crippen molar-refractivity contribution in [1.29, 1.82) is 0 Å². The number of ether oxygens (including phenoxy) is 2. The number of unbranched alkanes of at least 4 members (excludes halogenated alkanes) is 36. The quantitative estimate of drug-likeness (QED) is 0.0469. The van der Waals surface area contributed by atoms with Gasteiger partial charge in [0.15, 0.2) is 12.2 Å². The third kappa shape index (κ3) is 49.2. The molecule has 348 valence electrons. The third-order valence-corrected chi connectivity index (χ3v) is 11.8. The number of hydrogen-bond acceptors (Lipinski definition) is 5. The van der Waals surface area contributed by atoms with Gasteiger partial charge in [0.05, 0.1) is 6.61 Å². The summed E-state index contributed by atoms with van der Waals surface area (Å²) in [7, 11) is 0. The van der Waals surface area contributed by atoms with E-state index in [0.717, 1.165) is 51.4 Å². The van der Waals surface area contributed by atoms with E-state index in [0.29, 0.717) is 26.1 Å². The maximum Gasteiger partial charge on any atom is 0.334 e. The Labute approximate surface area is 362 Å². The Kier molecular flexibility index (Phi) is 52.9. The van der Waals surface area contributed by atoms with Crippen LogP contribution in [0.2, 0.25) is 0 Å². The van der Waals surface area contributed by atoms with Crippen molar-refractivity contribution < 1.29 is 29.3 Å². The number of aliphatic hydroxyl groups is 1. The lowest BCUT2D eigenvalue weighted by Crippen LogP contribution is -2.24. The predicted octanol–water partition coefficient (Wildman–Crippen LogP) is 16.8. The summed E-state index contributed by atoms with van der Waals surface area (Å²) >= 11 is 0. The van der Waals surface area contributed by atoms with Crippen molar-refractivity contribution in [2.45, 2.75) is 310 Å². The summed E-state index contributed by atoms with van der Waals surface area (Å²) in [5, 5.41) is 19.2. The highest BCUT2D eigenvalue weighted by atomic mass is 16.5. The maximum atomic E-state index is 11.8. The van der Waals surface area contributed by atoms with Crippen molar-refractivity contribution in [3.05, 3.63) is 0 Å². The van der Waals surface area contributed by atoms with Crippen LogP contribution in [0.15, 0.2) is 0 Å². The standard InChI is InChI=1S/2C26H52O3/c1-3-5-7-9-11-12-13-14-15-16-17-18-19-21-23-25(26(27)28)29-24-22-20-10-8-6-4-2;1-3-5-7-9-11-12-13-14-15-16-17-18-19-21-23-25(27)26(28)29-24-22-20-10-8-6-4-2/h25H,3-24H2,1-2H3,(H,27,28);25,27H,3-24H2,1-2H3. The molecule has 0 amide bonds. The molecule has 2 N–H and O–H groups in total. The van der Waals surface area contributed by atoms with Crippen molar-refractivity contribution in [3.8, 4) is 0 Å². The molecule has 0 saturated heterocycles. The molecule has 0 aromatic carbocycles. The van der Waals surface area contributed by atoms with Gasteiger partial charge in [0.1, 0.15) is 0 Å². The molecule has 6 nitrogen and oxygen atoms in total. The molecule has 0 rings (SSSR count). The Balaban J connectivity index is 0. The molecule has 2 unspecified atom stereocenters. The second kappa shape index (κ2) is 52.0. The van der Waals surface area contributed by atoms with Crippen LogP contribution in [0.1, 0.15) is 297 Å². The van der Waals surface area contributed by atoms with E-state index in [4.69, 9.17) is 9.47 Å². The molecule has 0 radical (unpaired) electrons. The number of carbonyl (C=O) groups excluding carboxylic acids is 1. The van der Waals surface area contributed by atoms with Crippen LogP contribution in [-0.4, -0.2) is 47.6 Å². The molecule has 0 heterocycles. The molecule has 58 heavy (non-hydrogen) atoms. The number of aliphatic carboxylic acids is 1. The van der Waals surface area contributed by atoms with Gasteiger partial charge in [-0.1, -0.05) is 272 Å². The van der Waals surface area contributed by atoms with E-state index in [1.807, 2.05) is 0 Å². The van der Waals surface area contributed by atoms with Gasteiger partial charge in [-0.2, -0.15) is 0 Å². The number of carboxylic acid groups (broad SMARTS) is 1. The topological polar surface area (TPSA) is 93.1 Å². The second-order valence-electron chi connectivity index (χ2n) is 17.7. The number of rotatable bonds is 47. The van der Waals surface area contributed by atoms with Gasteiger partial charge in [0.25, 0.3) is 0 Å². The molecule has 0 aliphatic carbocycles. The first-order chi connectivity index (χ1) is 28.4. The summed E-state index contributed by atoms with van der Waals surface area (Å²) in [4.78, 5) is 23.1. The molecular formula is C52H104O6. The second-order valence-corrected chi connectivity index (χ2v) is 17.7. The number of carbonyl (C=O) groups is 2. The largest absolute Gasteiger partial charge is 0.479 e. The normalized spacial score (nSPS) is 12.3. The molecule has 0 bridgehead atoms. The monoisotopic (exact) mass is 825 g/mol. The lowest BCUT2D eigenvalue weighted by atomic mass is 10.0. The van der Waals surface area contributed by atoms with Gasteiger partial charge in [0, 0.05) is 6.61 Å². The van der Waals surface area contributed by atoms with Crippen molar-refractivity contribution >= 4 is 11.9 Å². The fourth-order valence-electron chi connectivity index (χ4n) is 7.71. The lowest BCUT2D eigenvalue weighted by molar-refractivity contribution is -0.154. The summed E-state index contributed by atoms with van der Waals surface area (Å²) in [6.45, 7) is 10.0. The summed E-state index contributed by atoms with van der Waals surface area (Å²) in [5.74, 6) is -1.21. The molecule has 0 saturated carbocycles. The number of hydrogen-bond donors (Lipinski definition) is 2. The minimum absolute atomic E-state index is 0.423. The molecule has 0 aliphatic heterocycles. The van der Waals surface area contributed by atoms with Crippen molar-refractivity contribution in [2.24, 2.45) is 0 Å². The smallest absolute Gasteiger partial charge is 0.334 e.